The number of rotatable bonds is 7. The van der Waals surface area contributed by atoms with Crippen molar-refractivity contribution in [2.75, 3.05) is 0 Å². The number of benzene rings is 10. The van der Waals surface area contributed by atoms with E-state index in [2.05, 4.69) is 270 Å². The van der Waals surface area contributed by atoms with Gasteiger partial charge in [0.2, 0.25) is 0 Å². The van der Waals surface area contributed by atoms with Crippen molar-refractivity contribution in [2.24, 2.45) is 0 Å². The third-order valence-corrected chi connectivity index (χ3v) is 15.7. The smallest absolute Gasteiger partial charge is 0.0541 e. The number of hydrogen-bond donors (Lipinski definition) is 0. The molecule has 0 N–H and O–H groups in total. The summed E-state index contributed by atoms with van der Waals surface area (Å²) in [7, 11) is 0. The van der Waals surface area contributed by atoms with E-state index in [-0.39, 0.29) is 10.8 Å². The van der Waals surface area contributed by atoms with Gasteiger partial charge in [0.15, 0.2) is 0 Å². The molecule has 0 atom stereocenters. The molecule has 0 bridgehead atoms. The summed E-state index contributed by atoms with van der Waals surface area (Å²) in [5, 5.41) is 2.52. The lowest BCUT2D eigenvalue weighted by molar-refractivity contribution is 0.659. The molecule has 1 heteroatoms. The van der Waals surface area contributed by atoms with Crippen LogP contribution in [0.4, 0.5) is 0 Å². The Kier molecular flexibility index (Phi) is 9.52. The van der Waals surface area contributed by atoms with Crippen LogP contribution in [0.25, 0.3) is 94.8 Å². The lowest BCUT2D eigenvalue weighted by atomic mass is 9.80. The van der Waals surface area contributed by atoms with Crippen molar-refractivity contribution in [2.45, 2.75) is 45.4 Å². The van der Waals surface area contributed by atoms with Crippen molar-refractivity contribution in [3.8, 4) is 61.3 Å². The van der Waals surface area contributed by atoms with Crippen molar-refractivity contribution in [3.63, 3.8) is 0 Å². The average Bonchev–Trinajstić information content (AvgIpc) is 3.94. The zero-order chi connectivity index (χ0) is 47.3. The molecule has 1 heterocycles. The predicted molar refractivity (Wildman–Crippen MR) is 297 cm³/mol. The Morgan fingerprint density at radius 3 is 1.39 bits per heavy atom. The van der Waals surface area contributed by atoms with Gasteiger partial charge in [-0.25, -0.2) is 0 Å². The topological polar surface area (TPSA) is 4.93 Å². The molecule has 11 aromatic rings. The third kappa shape index (κ3) is 6.67. The molecule has 2 aliphatic rings. The standard InChI is InChI=1S/C69H53N/c1-44-20-33-55-56-35-30-52(42-64(56)68(2,3)62(55)38-44)53-31-36-58-57-34-29-51(41-63(57)69(4,5)65(58)43-53)46-23-21-45(22-24-46)39-60(48-14-8-6-9-15-48)49-27-25-47(26-28-49)50-32-37-67-61(40-50)59-18-12-13-19-66(59)70(67)54-16-10-7-11-17-54/h6-43H,1-5H3/b60-39+. The molecule has 0 saturated carbocycles. The summed E-state index contributed by atoms with van der Waals surface area (Å²) in [5.74, 6) is 0. The maximum Gasteiger partial charge on any atom is 0.0541 e. The number of hydrogen-bond acceptors (Lipinski definition) is 0. The average molecular weight is 896 g/mol. The normalized spacial score (nSPS) is 14.1. The van der Waals surface area contributed by atoms with Gasteiger partial charge < -0.3 is 4.57 Å². The fraction of sp³-hybridized carbons (Fsp3) is 0.101. The monoisotopic (exact) mass is 895 g/mol. The van der Waals surface area contributed by atoms with Crippen LogP contribution in [0.1, 0.15) is 72.2 Å². The zero-order valence-corrected chi connectivity index (χ0v) is 40.4. The first-order valence-electron chi connectivity index (χ1n) is 24.7. The van der Waals surface area contributed by atoms with Gasteiger partial charge in [0.1, 0.15) is 0 Å². The predicted octanol–water partition coefficient (Wildman–Crippen LogP) is 18.3. The van der Waals surface area contributed by atoms with E-state index < -0.39 is 0 Å². The molecule has 0 aliphatic heterocycles. The number of aryl methyl sites for hydroxylation is 1. The van der Waals surface area contributed by atoms with E-state index >= 15 is 0 Å². The first-order valence-corrected chi connectivity index (χ1v) is 24.7. The van der Waals surface area contributed by atoms with Crippen LogP contribution >= 0.6 is 0 Å². The van der Waals surface area contributed by atoms with Gasteiger partial charge in [-0.05, 0) is 162 Å². The molecule has 1 nitrogen and oxygen atoms in total. The Labute approximate surface area is 411 Å². The van der Waals surface area contributed by atoms with Crippen LogP contribution in [-0.4, -0.2) is 4.57 Å². The van der Waals surface area contributed by atoms with E-state index in [0.717, 1.165) is 0 Å². The molecular formula is C69H53N. The summed E-state index contributed by atoms with van der Waals surface area (Å²) in [6.45, 7) is 11.7. The van der Waals surface area contributed by atoms with Gasteiger partial charge in [0.25, 0.3) is 0 Å². The second-order valence-electron chi connectivity index (χ2n) is 20.6. The van der Waals surface area contributed by atoms with E-state index in [4.69, 9.17) is 0 Å². The Morgan fingerprint density at radius 1 is 0.357 bits per heavy atom. The van der Waals surface area contributed by atoms with Crippen LogP contribution in [0.5, 0.6) is 0 Å². The van der Waals surface area contributed by atoms with Crippen LogP contribution in [-0.2, 0) is 10.8 Å². The Balaban J connectivity index is 0.784. The summed E-state index contributed by atoms with van der Waals surface area (Å²) in [4.78, 5) is 0. The minimum absolute atomic E-state index is 0.0352. The lowest BCUT2D eigenvalue weighted by Crippen LogP contribution is -2.15. The maximum atomic E-state index is 2.46. The lowest BCUT2D eigenvalue weighted by Gasteiger charge is -2.23. The summed E-state index contributed by atoms with van der Waals surface area (Å²) in [6, 6.07) is 83.6. The molecule has 0 fully saturated rings. The fourth-order valence-corrected chi connectivity index (χ4v) is 11.9. The molecule has 10 aromatic carbocycles. The van der Waals surface area contributed by atoms with Crippen molar-refractivity contribution in [1.29, 1.82) is 0 Å². The van der Waals surface area contributed by atoms with E-state index in [1.54, 1.807) is 0 Å². The molecule has 0 radical (unpaired) electrons. The first-order chi connectivity index (χ1) is 34.1. The molecule has 0 unspecified atom stereocenters. The van der Waals surface area contributed by atoms with Gasteiger partial charge in [0.05, 0.1) is 11.0 Å². The molecule has 2 aliphatic carbocycles. The molecule has 0 spiro atoms. The Hall–Kier alpha value is -8.26. The van der Waals surface area contributed by atoms with Gasteiger partial charge in [-0.1, -0.05) is 209 Å². The minimum Gasteiger partial charge on any atom is -0.309 e. The molecule has 0 amide bonds. The summed E-state index contributed by atoms with van der Waals surface area (Å²) in [6.07, 6.45) is 2.33. The van der Waals surface area contributed by atoms with Gasteiger partial charge in [0, 0.05) is 27.3 Å². The van der Waals surface area contributed by atoms with Gasteiger partial charge in [-0.15, -0.1) is 0 Å². The SMILES string of the molecule is Cc1ccc2c(c1)C(C)(C)c1cc(-c3ccc4c(c3)C(C)(C)c3cc(-c5ccc(/C=C(\c6ccccc6)c6ccc(-c7ccc8c(c7)c7ccccc7n8-c7ccccc7)cc6)cc5)ccc3-4)ccc1-2. The number of aromatic nitrogens is 1. The molecule has 13 rings (SSSR count). The van der Waals surface area contributed by atoms with Crippen LogP contribution < -0.4 is 0 Å². The van der Waals surface area contributed by atoms with Crippen LogP contribution in [0.2, 0.25) is 0 Å². The Morgan fingerprint density at radius 2 is 0.786 bits per heavy atom. The Bertz CT molecular complexity index is 3900. The highest BCUT2D eigenvalue weighted by Gasteiger charge is 2.38. The number of fused-ring (bicyclic) bond motifs is 9. The van der Waals surface area contributed by atoms with E-state index in [9.17, 15) is 0 Å². The van der Waals surface area contributed by atoms with Crippen molar-refractivity contribution >= 4 is 33.5 Å². The van der Waals surface area contributed by atoms with Crippen molar-refractivity contribution in [1.82, 2.24) is 4.57 Å². The largest absolute Gasteiger partial charge is 0.309 e. The highest BCUT2D eigenvalue weighted by molar-refractivity contribution is 6.10. The van der Waals surface area contributed by atoms with Crippen molar-refractivity contribution < 1.29 is 0 Å². The van der Waals surface area contributed by atoms with Crippen LogP contribution in [0.15, 0.2) is 224 Å². The third-order valence-electron chi connectivity index (χ3n) is 15.7. The highest BCUT2D eigenvalue weighted by Crippen LogP contribution is 2.53. The number of nitrogens with zero attached hydrogens (tertiary/aromatic N) is 1. The van der Waals surface area contributed by atoms with E-state index in [1.165, 1.54) is 133 Å². The second kappa shape index (κ2) is 15.9. The van der Waals surface area contributed by atoms with Gasteiger partial charge in [-0.3, -0.25) is 0 Å². The molecule has 334 valence electrons. The maximum absolute atomic E-state index is 2.46. The summed E-state index contributed by atoms with van der Waals surface area (Å²) < 4.78 is 2.37. The molecule has 70 heavy (non-hydrogen) atoms. The highest BCUT2D eigenvalue weighted by atomic mass is 15.0. The van der Waals surface area contributed by atoms with Crippen LogP contribution in [0.3, 0.4) is 0 Å². The molecular weight excluding hydrogens is 843 g/mol. The molecule has 1 aromatic heterocycles. The van der Waals surface area contributed by atoms with Gasteiger partial charge >= 0.3 is 0 Å². The molecule has 0 saturated heterocycles. The van der Waals surface area contributed by atoms with Gasteiger partial charge in [-0.2, -0.15) is 0 Å². The van der Waals surface area contributed by atoms with Crippen molar-refractivity contribution in [3.05, 3.63) is 269 Å². The number of para-hydroxylation sites is 2. The summed E-state index contributed by atoms with van der Waals surface area (Å²) >= 11 is 0. The summed E-state index contributed by atoms with van der Waals surface area (Å²) in [5.41, 5.74) is 28.0. The fourth-order valence-electron chi connectivity index (χ4n) is 11.9. The first kappa shape index (κ1) is 41.9. The van der Waals surface area contributed by atoms with E-state index in [0.29, 0.717) is 0 Å². The minimum atomic E-state index is -0.140. The zero-order valence-electron chi connectivity index (χ0n) is 40.4. The quantitative estimate of drug-likeness (QED) is 0.141. The van der Waals surface area contributed by atoms with Crippen LogP contribution in [0, 0.1) is 6.92 Å². The van der Waals surface area contributed by atoms with E-state index in [1.807, 2.05) is 0 Å². The second-order valence-corrected chi connectivity index (χ2v) is 20.6.